The van der Waals surface area contributed by atoms with Gasteiger partial charge in [0.2, 0.25) is 0 Å². The normalized spacial score (nSPS) is 11.0. The van der Waals surface area contributed by atoms with Crippen LogP contribution in [0.15, 0.2) is 57.9 Å². The van der Waals surface area contributed by atoms with E-state index in [0.29, 0.717) is 20.9 Å². The van der Waals surface area contributed by atoms with Crippen molar-refractivity contribution in [2.75, 3.05) is 0 Å². The third-order valence-electron chi connectivity index (χ3n) is 4.32. The van der Waals surface area contributed by atoms with Crippen molar-refractivity contribution in [3.8, 4) is 11.3 Å². The molecule has 0 spiro atoms. The van der Waals surface area contributed by atoms with Crippen LogP contribution in [-0.2, 0) is 0 Å². The molecule has 10 heteroatoms. The first-order valence-corrected chi connectivity index (χ1v) is 8.70. The van der Waals surface area contributed by atoms with Crippen LogP contribution in [0.5, 0.6) is 0 Å². The van der Waals surface area contributed by atoms with Crippen LogP contribution in [-0.4, -0.2) is 19.8 Å². The Morgan fingerprint density at radius 1 is 1.00 bits per heavy atom. The number of aromatic amines is 1. The van der Waals surface area contributed by atoms with Crippen LogP contribution in [0.25, 0.3) is 33.1 Å². The summed E-state index contributed by atoms with van der Waals surface area (Å²) >= 11 is 3.30. The number of nitrogens with zero attached hydrogens (tertiary/aromatic N) is 3. The number of nitro groups is 2. The quantitative estimate of drug-likeness (QED) is 0.372. The maximum atomic E-state index is 12.8. The lowest BCUT2D eigenvalue weighted by molar-refractivity contribution is -0.387. The van der Waals surface area contributed by atoms with Gasteiger partial charge in [-0.15, -0.1) is 0 Å². The minimum atomic E-state index is -0.824. The average Bonchev–Trinajstić information content (AvgIpc) is 2.66. The number of aromatic nitrogens is 2. The first kappa shape index (κ1) is 17.7. The van der Waals surface area contributed by atoms with Crippen molar-refractivity contribution in [2.24, 2.45) is 0 Å². The largest absolute Gasteiger partial charge is 0.348 e. The SMILES string of the molecule is O=c1c([N+](=O)[O-])c(-c2c([N+](=O)[O-])cnc3cc(Br)ccc23)[nH]c2ccccc12. The summed E-state index contributed by atoms with van der Waals surface area (Å²) in [6, 6.07) is 11.1. The summed E-state index contributed by atoms with van der Waals surface area (Å²) in [6.45, 7) is 0. The number of halogens is 1. The van der Waals surface area contributed by atoms with Crippen molar-refractivity contribution < 1.29 is 9.85 Å². The van der Waals surface area contributed by atoms with Crippen LogP contribution >= 0.6 is 15.9 Å². The first-order valence-electron chi connectivity index (χ1n) is 7.91. The van der Waals surface area contributed by atoms with Crippen LogP contribution in [0, 0.1) is 20.2 Å². The summed E-state index contributed by atoms with van der Waals surface area (Å²) in [6.07, 6.45) is 1.03. The molecule has 2 aromatic heterocycles. The van der Waals surface area contributed by atoms with Gasteiger partial charge in [0, 0.05) is 9.86 Å². The van der Waals surface area contributed by atoms with Gasteiger partial charge in [-0.1, -0.05) is 34.1 Å². The van der Waals surface area contributed by atoms with E-state index < -0.39 is 26.7 Å². The highest BCUT2D eigenvalue weighted by Crippen LogP contribution is 2.39. The third kappa shape index (κ3) is 2.70. The van der Waals surface area contributed by atoms with Gasteiger partial charge in [-0.2, -0.15) is 0 Å². The Kier molecular flexibility index (Phi) is 4.12. The zero-order chi connectivity index (χ0) is 20.0. The number of para-hydroxylation sites is 1. The van der Waals surface area contributed by atoms with Gasteiger partial charge >= 0.3 is 5.69 Å². The predicted octanol–water partition coefficient (Wildman–Crippen LogP) is 4.32. The maximum absolute atomic E-state index is 12.8. The smallest absolute Gasteiger partial charge is 0.341 e. The summed E-state index contributed by atoms with van der Waals surface area (Å²) in [5.74, 6) is 0. The standard InChI is InChI=1S/C18H9BrN4O5/c19-9-5-6-10-13(7-9)20-8-14(22(25)26)15(10)16-17(23(27)28)18(24)11-3-1-2-4-12(11)21-16/h1-8H,(H,21,24). The number of fused-ring (bicyclic) bond motifs is 2. The molecular weight excluding hydrogens is 432 g/mol. The summed E-state index contributed by atoms with van der Waals surface area (Å²) < 4.78 is 0.689. The average molecular weight is 441 g/mol. The molecule has 0 aliphatic rings. The Morgan fingerprint density at radius 2 is 1.75 bits per heavy atom. The van der Waals surface area contributed by atoms with Gasteiger partial charge in [-0.05, 0) is 24.3 Å². The molecular formula is C18H9BrN4O5. The molecule has 2 heterocycles. The number of nitrogens with one attached hydrogen (secondary N) is 1. The fourth-order valence-corrected chi connectivity index (χ4v) is 3.49. The number of H-pyrrole nitrogens is 1. The summed E-state index contributed by atoms with van der Waals surface area (Å²) in [5.41, 5.74) is -1.57. The lowest BCUT2D eigenvalue weighted by Crippen LogP contribution is -2.12. The van der Waals surface area contributed by atoms with E-state index in [1.165, 1.54) is 6.07 Å². The number of hydrogen-bond donors (Lipinski definition) is 1. The second-order valence-corrected chi connectivity index (χ2v) is 6.83. The molecule has 0 aliphatic heterocycles. The second-order valence-electron chi connectivity index (χ2n) is 5.92. The Labute approximate surface area is 164 Å². The molecule has 0 saturated heterocycles. The molecule has 0 amide bonds. The van der Waals surface area contributed by atoms with Crippen molar-refractivity contribution in [3.05, 3.63) is 83.6 Å². The number of rotatable bonds is 3. The highest BCUT2D eigenvalue weighted by Gasteiger charge is 2.30. The molecule has 0 saturated carbocycles. The molecule has 1 N–H and O–H groups in total. The van der Waals surface area contributed by atoms with Crippen LogP contribution in [0.1, 0.15) is 0 Å². The second kappa shape index (κ2) is 6.50. The number of benzene rings is 2. The van der Waals surface area contributed by atoms with E-state index in [0.717, 1.165) is 6.20 Å². The fraction of sp³-hybridized carbons (Fsp3) is 0. The molecule has 0 bridgehead atoms. The van der Waals surface area contributed by atoms with E-state index in [2.05, 4.69) is 25.9 Å². The molecule has 4 aromatic rings. The summed E-state index contributed by atoms with van der Waals surface area (Å²) in [5, 5.41) is 23.8. The van der Waals surface area contributed by atoms with Crippen molar-refractivity contribution in [2.45, 2.75) is 0 Å². The zero-order valence-corrected chi connectivity index (χ0v) is 15.5. The van der Waals surface area contributed by atoms with Gasteiger partial charge in [0.15, 0.2) is 0 Å². The number of pyridine rings is 2. The van der Waals surface area contributed by atoms with E-state index in [1.807, 2.05) is 0 Å². The lowest BCUT2D eigenvalue weighted by atomic mass is 10.0. The van der Waals surface area contributed by atoms with E-state index in [-0.39, 0.29) is 16.6 Å². The summed E-state index contributed by atoms with van der Waals surface area (Å²) in [4.78, 5) is 41.6. The highest BCUT2D eigenvalue weighted by atomic mass is 79.9. The van der Waals surface area contributed by atoms with Crippen LogP contribution in [0.4, 0.5) is 11.4 Å². The molecule has 138 valence electrons. The first-order chi connectivity index (χ1) is 13.4. The van der Waals surface area contributed by atoms with E-state index in [9.17, 15) is 25.0 Å². The zero-order valence-electron chi connectivity index (χ0n) is 13.9. The fourth-order valence-electron chi connectivity index (χ4n) is 3.14. The highest BCUT2D eigenvalue weighted by molar-refractivity contribution is 9.10. The Balaban J connectivity index is 2.25. The minimum absolute atomic E-state index is 0.0583. The van der Waals surface area contributed by atoms with Crippen molar-refractivity contribution in [3.63, 3.8) is 0 Å². The van der Waals surface area contributed by atoms with E-state index in [1.54, 1.807) is 36.4 Å². The Bertz CT molecular complexity index is 1370. The molecule has 28 heavy (non-hydrogen) atoms. The van der Waals surface area contributed by atoms with Gasteiger partial charge in [-0.25, -0.2) is 4.98 Å². The van der Waals surface area contributed by atoms with Crippen LogP contribution in [0.2, 0.25) is 0 Å². The molecule has 9 nitrogen and oxygen atoms in total. The van der Waals surface area contributed by atoms with Gasteiger partial charge in [0.05, 0.1) is 31.8 Å². The minimum Gasteiger partial charge on any atom is -0.348 e. The molecule has 0 aliphatic carbocycles. The molecule has 0 unspecified atom stereocenters. The van der Waals surface area contributed by atoms with Gasteiger partial charge in [0.25, 0.3) is 11.1 Å². The monoisotopic (exact) mass is 440 g/mol. The van der Waals surface area contributed by atoms with Gasteiger partial charge in [0.1, 0.15) is 11.9 Å². The van der Waals surface area contributed by atoms with E-state index in [4.69, 9.17) is 0 Å². The Hall–Kier alpha value is -3.66. The molecule has 2 aromatic carbocycles. The van der Waals surface area contributed by atoms with E-state index >= 15 is 0 Å². The van der Waals surface area contributed by atoms with Crippen molar-refractivity contribution >= 4 is 49.1 Å². The molecule has 4 rings (SSSR count). The van der Waals surface area contributed by atoms with Crippen LogP contribution < -0.4 is 5.43 Å². The number of hydrogen-bond acceptors (Lipinski definition) is 6. The topological polar surface area (TPSA) is 132 Å². The molecule has 0 radical (unpaired) electrons. The lowest BCUT2D eigenvalue weighted by Gasteiger charge is -2.10. The van der Waals surface area contributed by atoms with Gasteiger partial charge < -0.3 is 4.98 Å². The van der Waals surface area contributed by atoms with Gasteiger partial charge in [-0.3, -0.25) is 25.0 Å². The molecule has 0 fully saturated rings. The maximum Gasteiger partial charge on any atom is 0.341 e. The predicted molar refractivity (Wildman–Crippen MR) is 106 cm³/mol. The Morgan fingerprint density at radius 3 is 2.46 bits per heavy atom. The molecule has 0 atom stereocenters. The third-order valence-corrected chi connectivity index (χ3v) is 4.82. The van der Waals surface area contributed by atoms with Crippen LogP contribution in [0.3, 0.4) is 0 Å². The summed E-state index contributed by atoms with van der Waals surface area (Å²) in [7, 11) is 0. The van der Waals surface area contributed by atoms with Crippen molar-refractivity contribution in [1.82, 2.24) is 9.97 Å². The van der Waals surface area contributed by atoms with Crippen molar-refractivity contribution in [1.29, 1.82) is 0 Å².